The highest BCUT2D eigenvalue weighted by molar-refractivity contribution is 9.10. The number of nitrogens with zero attached hydrogens (tertiary/aromatic N) is 2. The number of benzene rings is 2. The normalized spacial score (nSPS) is 10.5. The highest BCUT2D eigenvalue weighted by atomic mass is 79.9. The van der Waals surface area contributed by atoms with E-state index in [1.54, 1.807) is 12.1 Å². The van der Waals surface area contributed by atoms with Crippen molar-refractivity contribution >= 4 is 22.2 Å². The maximum absolute atomic E-state index is 11.3. The standard InChI is InChI=1S/C17H13BrN2O4/c1-22-14-8-11(7-12(9-21)15(14)23-2)17-19-16(20-24-17)10-3-5-13(18)6-4-10/h3-9H,1-2H3. The predicted octanol–water partition coefficient (Wildman–Crippen LogP) is 4.00. The average Bonchev–Trinajstić information content (AvgIpc) is 3.11. The summed E-state index contributed by atoms with van der Waals surface area (Å²) in [5, 5.41) is 3.98. The van der Waals surface area contributed by atoms with Crippen molar-refractivity contribution in [2.24, 2.45) is 0 Å². The van der Waals surface area contributed by atoms with Crippen molar-refractivity contribution in [1.29, 1.82) is 0 Å². The van der Waals surface area contributed by atoms with E-state index in [9.17, 15) is 4.79 Å². The molecule has 24 heavy (non-hydrogen) atoms. The van der Waals surface area contributed by atoms with Crippen molar-refractivity contribution in [2.45, 2.75) is 0 Å². The fourth-order valence-corrected chi connectivity index (χ4v) is 2.53. The molecule has 3 aromatic rings. The number of carbonyl (C=O) groups is 1. The smallest absolute Gasteiger partial charge is 0.258 e. The molecule has 1 aromatic heterocycles. The van der Waals surface area contributed by atoms with Gasteiger partial charge in [0.25, 0.3) is 5.89 Å². The molecule has 0 aliphatic heterocycles. The number of aromatic nitrogens is 2. The van der Waals surface area contributed by atoms with Crippen LogP contribution in [0.1, 0.15) is 10.4 Å². The number of halogens is 1. The molecule has 0 atom stereocenters. The first-order chi connectivity index (χ1) is 11.7. The zero-order valence-corrected chi connectivity index (χ0v) is 14.5. The Morgan fingerprint density at radius 3 is 2.46 bits per heavy atom. The second kappa shape index (κ2) is 6.84. The van der Waals surface area contributed by atoms with Crippen LogP contribution in [0.5, 0.6) is 11.5 Å². The first-order valence-corrected chi connectivity index (χ1v) is 7.76. The van der Waals surface area contributed by atoms with Gasteiger partial charge >= 0.3 is 0 Å². The maximum Gasteiger partial charge on any atom is 0.258 e. The number of rotatable bonds is 5. The molecular weight excluding hydrogens is 376 g/mol. The van der Waals surface area contributed by atoms with Crippen molar-refractivity contribution < 1.29 is 18.8 Å². The highest BCUT2D eigenvalue weighted by Crippen LogP contribution is 2.35. The number of hydrogen-bond donors (Lipinski definition) is 0. The fraction of sp³-hybridized carbons (Fsp3) is 0.118. The second-order valence-corrected chi connectivity index (χ2v) is 5.76. The Kier molecular flexibility index (Phi) is 4.61. The van der Waals surface area contributed by atoms with Gasteiger partial charge in [-0.25, -0.2) is 0 Å². The molecule has 3 rings (SSSR count). The van der Waals surface area contributed by atoms with Crippen LogP contribution in [0.3, 0.4) is 0 Å². The first-order valence-electron chi connectivity index (χ1n) is 6.97. The molecule has 6 nitrogen and oxygen atoms in total. The molecule has 7 heteroatoms. The Morgan fingerprint density at radius 1 is 1.08 bits per heavy atom. The van der Waals surface area contributed by atoms with Crippen molar-refractivity contribution in [2.75, 3.05) is 14.2 Å². The van der Waals surface area contributed by atoms with Crippen molar-refractivity contribution in [3.8, 4) is 34.3 Å². The number of aldehydes is 1. The first kappa shape index (κ1) is 16.2. The van der Waals surface area contributed by atoms with Gasteiger partial charge in [0.2, 0.25) is 5.82 Å². The molecule has 2 aromatic carbocycles. The molecule has 0 spiro atoms. The summed E-state index contributed by atoms with van der Waals surface area (Å²) < 4.78 is 16.8. The largest absolute Gasteiger partial charge is 0.493 e. The molecule has 0 saturated carbocycles. The molecule has 0 unspecified atom stereocenters. The number of carbonyl (C=O) groups excluding carboxylic acids is 1. The Balaban J connectivity index is 2.03. The summed E-state index contributed by atoms with van der Waals surface area (Å²) in [6.45, 7) is 0. The molecule has 0 bridgehead atoms. The zero-order chi connectivity index (χ0) is 17.1. The van der Waals surface area contributed by atoms with E-state index in [-0.39, 0.29) is 5.89 Å². The van der Waals surface area contributed by atoms with E-state index in [1.807, 2.05) is 24.3 Å². The van der Waals surface area contributed by atoms with Crippen LogP contribution >= 0.6 is 15.9 Å². The van der Waals surface area contributed by atoms with Gasteiger partial charge in [-0.3, -0.25) is 4.79 Å². The SMILES string of the molecule is COc1cc(-c2nc(-c3ccc(Br)cc3)no2)cc(C=O)c1OC. The van der Waals surface area contributed by atoms with Crippen LogP contribution in [0.2, 0.25) is 0 Å². The molecule has 122 valence electrons. The summed E-state index contributed by atoms with van der Waals surface area (Å²) in [7, 11) is 2.97. The van der Waals surface area contributed by atoms with Gasteiger partial charge in [-0.1, -0.05) is 21.1 Å². The Hall–Kier alpha value is -2.67. The summed E-state index contributed by atoms with van der Waals surface area (Å²) in [5.74, 6) is 1.53. The van der Waals surface area contributed by atoms with Gasteiger partial charge in [-0.2, -0.15) is 4.98 Å². The topological polar surface area (TPSA) is 74.5 Å². The lowest BCUT2D eigenvalue weighted by molar-refractivity contribution is 0.112. The zero-order valence-electron chi connectivity index (χ0n) is 12.9. The number of methoxy groups -OCH3 is 2. The van der Waals surface area contributed by atoms with E-state index in [2.05, 4.69) is 26.1 Å². The van der Waals surface area contributed by atoms with Gasteiger partial charge < -0.3 is 14.0 Å². The van der Waals surface area contributed by atoms with Gasteiger partial charge in [0.05, 0.1) is 19.8 Å². The van der Waals surface area contributed by atoms with E-state index < -0.39 is 0 Å². The van der Waals surface area contributed by atoms with Gasteiger partial charge in [0, 0.05) is 15.6 Å². The van der Waals surface area contributed by atoms with Crippen LogP contribution in [-0.2, 0) is 0 Å². The third kappa shape index (κ3) is 3.03. The molecule has 0 amide bonds. The molecule has 0 saturated heterocycles. The molecule has 1 heterocycles. The third-order valence-electron chi connectivity index (χ3n) is 3.41. The lowest BCUT2D eigenvalue weighted by Crippen LogP contribution is -1.96. The number of ether oxygens (including phenoxy) is 2. The monoisotopic (exact) mass is 388 g/mol. The molecule has 0 radical (unpaired) electrons. The summed E-state index contributed by atoms with van der Waals surface area (Å²) >= 11 is 3.38. The van der Waals surface area contributed by atoms with Crippen molar-refractivity contribution in [3.05, 3.63) is 46.4 Å². The van der Waals surface area contributed by atoms with Crippen LogP contribution in [0, 0.1) is 0 Å². The van der Waals surface area contributed by atoms with Gasteiger partial charge in [-0.15, -0.1) is 0 Å². The number of hydrogen-bond acceptors (Lipinski definition) is 6. The average molecular weight is 389 g/mol. The molecular formula is C17H13BrN2O4. The van der Waals surface area contributed by atoms with Crippen LogP contribution in [0.15, 0.2) is 45.4 Å². The van der Waals surface area contributed by atoms with Crippen LogP contribution < -0.4 is 9.47 Å². The van der Waals surface area contributed by atoms with E-state index >= 15 is 0 Å². The Bertz CT molecular complexity index is 875. The molecule has 0 fully saturated rings. The van der Waals surface area contributed by atoms with E-state index in [1.165, 1.54) is 14.2 Å². The van der Waals surface area contributed by atoms with Crippen LogP contribution in [0.4, 0.5) is 0 Å². The maximum atomic E-state index is 11.3. The van der Waals surface area contributed by atoms with E-state index in [0.29, 0.717) is 34.7 Å². The minimum absolute atomic E-state index is 0.289. The van der Waals surface area contributed by atoms with Crippen LogP contribution in [-0.4, -0.2) is 30.6 Å². The lowest BCUT2D eigenvalue weighted by atomic mass is 10.1. The van der Waals surface area contributed by atoms with Gasteiger partial charge in [0.15, 0.2) is 17.8 Å². The minimum atomic E-state index is 0.289. The van der Waals surface area contributed by atoms with E-state index in [4.69, 9.17) is 14.0 Å². The summed E-state index contributed by atoms with van der Waals surface area (Å²) in [4.78, 5) is 15.7. The summed E-state index contributed by atoms with van der Waals surface area (Å²) in [6, 6.07) is 10.9. The Morgan fingerprint density at radius 2 is 1.83 bits per heavy atom. The quantitative estimate of drug-likeness (QED) is 0.615. The highest BCUT2D eigenvalue weighted by Gasteiger charge is 2.17. The second-order valence-electron chi connectivity index (χ2n) is 4.85. The minimum Gasteiger partial charge on any atom is -0.493 e. The predicted molar refractivity (Wildman–Crippen MR) is 91.4 cm³/mol. The molecule has 0 aliphatic carbocycles. The lowest BCUT2D eigenvalue weighted by Gasteiger charge is -2.10. The third-order valence-corrected chi connectivity index (χ3v) is 3.94. The van der Waals surface area contributed by atoms with Crippen molar-refractivity contribution in [3.63, 3.8) is 0 Å². The summed E-state index contributed by atoms with van der Waals surface area (Å²) in [5.41, 5.74) is 1.74. The summed E-state index contributed by atoms with van der Waals surface area (Å²) in [6.07, 6.45) is 0.691. The van der Waals surface area contributed by atoms with E-state index in [0.717, 1.165) is 10.0 Å². The Labute approximate surface area is 146 Å². The molecule has 0 aliphatic rings. The fourth-order valence-electron chi connectivity index (χ4n) is 2.26. The van der Waals surface area contributed by atoms with Crippen LogP contribution in [0.25, 0.3) is 22.8 Å². The van der Waals surface area contributed by atoms with Gasteiger partial charge in [0.1, 0.15) is 0 Å². The van der Waals surface area contributed by atoms with Crippen molar-refractivity contribution in [1.82, 2.24) is 10.1 Å². The molecule has 0 N–H and O–H groups in total. The van der Waals surface area contributed by atoms with Gasteiger partial charge in [-0.05, 0) is 36.4 Å².